The van der Waals surface area contributed by atoms with Crippen molar-refractivity contribution in [2.75, 3.05) is 32.5 Å². The number of rotatable bonds is 13. The smallest absolute Gasteiger partial charge is 0.246 e. The molecule has 3 aliphatic heterocycles. The number of pyridine rings is 5. The van der Waals surface area contributed by atoms with Gasteiger partial charge in [0.15, 0.2) is 17.5 Å². The number of nitrogens with zero attached hydrogens (tertiary/aromatic N) is 16. The number of carbonyl (C=O) groups is 1. The molecule has 3 aliphatic rings. The van der Waals surface area contributed by atoms with Crippen molar-refractivity contribution in [1.82, 2.24) is 59.9 Å². The second-order valence-corrected chi connectivity index (χ2v) is 19.0. The molecular formula is C62H59BrFN17O5S. The first-order valence-electron chi connectivity index (χ1n) is 26.7. The Balaban J connectivity index is 0.000000175. The van der Waals surface area contributed by atoms with Crippen LogP contribution in [-0.2, 0) is 17.9 Å². The van der Waals surface area contributed by atoms with Crippen LogP contribution in [-0.4, -0.2) is 131 Å². The molecule has 442 valence electrons. The molecule has 0 spiro atoms. The van der Waals surface area contributed by atoms with Crippen molar-refractivity contribution in [1.29, 1.82) is 0 Å². The normalized spacial score (nSPS) is 12.3. The molecule has 0 radical (unpaired) electrons. The van der Waals surface area contributed by atoms with Crippen LogP contribution < -0.4 is 14.9 Å². The Kier molecular flexibility index (Phi) is 27.4. The standard InChI is InChI=1S/C16H16N4O3.C15H14N4O.C11H9N3S.C8H7N3O.C8H7N3.C3H3Br.CH3F/c1-23-13-4-2-11(3-5-13)10-20-14(12-6-8-17-9-7-12)18-19-15(20)16(21)22;1-20-14-4-2-12(3-5-14)10-19-11-17-18-15(19)13-6-8-16-9-7-13;1-2-7-15-11-8-10(13-14-11)9-3-5-12-6-4-9;12-8-5-7(10-11-8)6-1-3-9-4-2-6;1-4-9-5-2-7(1)8-3-6-10-11-8;1-2-3-4;1-2/h2-9,16,21-22H,10H2,1H3;2-9,11H,10H2,1H3;1,3-6H,7-8H2;1-4H,5H2,(H,11,12);1-2,4-6H,3H2;1H,3H2;1H3/i;;;;;;1D. The summed E-state index contributed by atoms with van der Waals surface area (Å²) < 4.78 is 29.5. The molecule has 0 atom stereocenters. The van der Waals surface area contributed by atoms with E-state index in [4.69, 9.17) is 23.7 Å². The lowest BCUT2D eigenvalue weighted by Crippen LogP contribution is -2.10. The zero-order chi connectivity index (χ0) is 62.6. The van der Waals surface area contributed by atoms with Gasteiger partial charge in [0.1, 0.15) is 22.9 Å². The van der Waals surface area contributed by atoms with Gasteiger partial charge in [0, 0.05) is 109 Å². The molecule has 87 heavy (non-hydrogen) atoms. The minimum atomic E-state index is -1.70. The molecule has 2 aromatic carbocycles. The SMILES string of the molecule is C#CCBr.C#CCSC1=NN=C(c2ccncc2)C1.C1=NN=C(c2ccncc2)C1.COc1ccc(Cn2c(-c3ccncc3)nnc2C(O)O)cc1.COc1ccc(Cn2cnnc2-c2ccncc2)cc1.O=C1CC(c2ccncc2)=NN1.[2H]CF. The van der Waals surface area contributed by atoms with Gasteiger partial charge in [0.2, 0.25) is 12.2 Å². The van der Waals surface area contributed by atoms with Crippen LogP contribution in [0.3, 0.4) is 0 Å². The molecule has 22 nitrogen and oxygen atoms in total. The summed E-state index contributed by atoms with van der Waals surface area (Å²) in [5.74, 6) is 8.60. The fourth-order valence-corrected chi connectivity index (χ4v) is 8.21. The summed E-state index contributed by atoms with van der Waals surface area (Å²) in [5.41, 5.74) is 12.2. The number of benzene rings is 2. The number of hydrogen-bond donors (Lipinski definition) is 3. The third-order valence-electron chi connectivity index (χ3n) is 11.7. The van der Waals surface area contributed by atoms with E-state index >= 15 is 0 Å². The van der Waals surface area contributed by atoms with Gasteiger partial charge in [-0.15, -0.1) is 38.3 Å². The van der Waals surface area contributed by atoms with Gasteiger partial charge in [0.25, 0.3) is 0 Å². The van der Waals surface area contributed by atoms with Gasteiger partial charge < -0.3 is 28.8 Å². The van der Waals surface area contributed by atoms with Crippen molar-refractivity contribution in [3.8, 4) is 59.0 Å². The summed E-state index contributed by atoms with van der Waals surface area (Å²) in [6, 6.07) is 34.3. The Morgan fingerprint density at radius 1 is 0.644 bits per heavy atom. The highest BCUT2D eigenvalue weighted by Crippen LogP contribution is 2.24. The lowest BCUT2D eigenvalue weighted by Gasteiger charge is -2.12. The first kappa shape index (κ1) is 64.3. The van der Waals surface area contributed by atoms with Gasteiger partial charge in [-0.1, -0.05) is 63.8 Å². The first-order valence-corrected chi connectivity index (χ1v) is 28.1. The third kappa shape index (κ3) is 21.4. The van der Waals surface area contributed by atoms with Crippen molar-refractivity contribution in [2.45, 2.75) is 38.6 Å². The van der Waals surface area contributed by atoms with E-state index in [-0.39, 0.29) is 11.7 Å². The number of nitrogens with one attached hydrogen (secondary N) is 1. The second-order valence-electron chi connectivity index (χ2n) is 17.4. The van der Waals surface area contributed by atoms with Crippen LogP contribution in [0.4, 0.5) is 4.39 Å². The quantitative estimate of drug-likeness (QED) is 0.0552. The molecule has 9 aromatic rings. The Bertz CT molecular complexity index is 3780. The van der Waals surface area contributed by atoms with Crippen molar-refractivity contribution in [3.63, 3.8) is 0 Å². The summed E-state index contributed by atoms with van der Waals surface area (Å²) in [5, 5.41) is 56.7. The zero-order valence-electron chi connectivity index (χ0n) is 48.1. The van der Waals surface area contributed by atoms with Crippen LogP contribution in [0.5, 0.6) is 11.5 Å². The van der Waals surface area contributed by atoms with Gasteiger partial charge in [-0.05, 0) is 96.1 Å². The molecule has 7 aromatic heterocycles. The number of alkyl halides is 2. The number of halogens is 2. The molecule has 0 saturated heterocycles. The zero-order valence-corrected chi connectivity index (χ0v) is 49.6. The number of hydrogen-bond acceptors (Lipinski definition) is 20. The van der Waals surface area contributed by atoms with Crippen molar-refractivity contribution in [2.24, 2.45) is 25.5 Å². The van der Waals surface area contributed by atoms with Gasteiger partial charge in [-0.25, -0.2) is 5.43 Å². The minimum absolute atomic E-state index is 0.0539. The molecular weight excluding hydrogens is 1190 g/mol. The van der Waals surface area contributed by atoms with Crippen LogP contribution in [0, 0.1) is 24.7 Å². The number of aliphatic hydroxyl groups excluding tert-OH is 1. The summed E-state index contributed by atoms with van der Waals surface area (Å²) in [6.45, 7) is 1.12. The molecule has 0 bridgehead atoms. The Labute approximate surface area is 516 Å². The average molecular weight is 1250 g/mol. The van der Waals surface area contributed by atoms with E-state index < -0.39 is 13.4 Å². The maximum Gasteiger partial charge on any atom is 0.246 e. The molecule has 1 amide bonds. The number of carbonyl (C=O) groups excluding carboxylic acids is 1. The van der Waals surface area contributed by atoms with E-state index in [0.717, 1.165) is 85.7 Å². The van der Waals surface area contributed by atoms with E-state index in [1.807, 2.05) is 102 Å². The van der Waals surface area contributed by atoms with Crippen LogP contribution in [0.1, 0.15) is 60.6 Å². The van der Waals surface area contributed by atoms with Crippen LogP contribution in [0.2, 0.25) is 0 Å². The minimum Gasteiger partial charge on any atom is -0.497 e. The number of aliphatic hydroxyl groups is 2. The largest absolute Gasteiger partial charge is 0.497 e. The lowest BCUT2D eigenvalue weighted by molar-refractivity contribution is -0.119. The number of ether oxygens (including phenoxy) is 2. The number of hydrazone groups is 1. The number of amides is 1. The predicted octanol–water partition coefficient (Wildman–Crippen LogP) is 8.90. The molecule has 3 N–H and O–H groups in total. The third-order valence-corrected chi connectivity index (χ3v) is 12.9. The monoisotopic (exact) mass is 1250 g/mol. The van der Waals surface area contributed by atoms with Gasteiger partial charge in [-0.2, -0.15) is 20.4 Å². The molecule has 10 heterocycles. The fourth-order valence-electron chi connectivity index (χ4n) is 7.62. The maximum absolute atomic E-state index is 10.8. The van der Waals surface area contributed by atoms with E-state index in [9.17, 15) is 19.4 Å². The maximum atomic E-state index is 10.8. The Hall–Kier alpha value is -10.3. The van der Waals surface area contributed by atoms with Crippen molar-refractivity contribution < 1.29 is 30.2 Å². The number of aromatic nitrogens is 11. The van der Waals surface area contributed by atoms with Crippen LogP contribution in [0.25, 0.3) is 22.8 Å². The van der Waals surface area contributed by atoms with Crippen LogP contribution >= 0.6 is 27.7 Å². The van der Waals surface area contributed by atoms with E-state index in [1.165, 1.54) is 5.56 Å². The highest BCUT2D eigenvalue weighted by molar-refractivity contribution is 9.09. The summed E-state index contributed by atoms with van der Waals surface area (Å²) in [6.07, 6.45) is 30.9. The Morgan fingerprint density at radius 3 is 1.57 bits per heavy atom. The molecule has 0 saturated carbocycles. The molecule has 25 heteroatoms. The van der Waals surface area contributed by atoms with E-state index in [0.29, 0.717) is 36.4 Å². The predicted molar refractivity (Wildman–Crippen MR) is 339 cm³/mol. The van der Waals surface area contributed by atoms with Crippen LogP contribution in [0.15, 0.2) is 203 Å². The molecule has 0 aliphatic carbocycles. The summed E-state index contributed by atoms with van der Waals surface area (Å²) in [7, 11) is 2.27. The molecule has 12 rings (SSSR count). The molecule has 0 unspecified atom stereocenters. The topological polar surface area (TPSA) is 276 Å². The number of terminal acetylenes is 2. The second kappa shape index (κ2) is 37.1. The van der Waals surface area contributed by atoms with Crippen molar-refractivity contribution in [3.05, 3.63) is 211 Å². The lowest BCUT2D eigenvalue weighted by atomic mass is 10.1. The fraction of sp³-hybridized carbons (Fsp3) is 0.177. The summed E-state index contributed by atoms with van der Waals surface area (Å²) >= 11 is 4.58. The van der Waals surface area contributed by atoms with Gasteiger partial charge >= 0.3 is 0 Å². The molecule has 0 fully saturated rings. The number of methoxy groups -OCH3 is 2. The highest BCUT2D eigenvalue weighted by atomic mass is 79.9. The summed E-state index contributed by atoms with van der Waals surface area (Å²) in [4.78, 5) is 30.5. The first-order chi connectivity index (χ1) is 43.1. The highest BCUT2D eigenvalue weighted by Gasteiger charge is 2.20. The van der Waals surface area contributed by atoms with Gasteiger partial charge in [0.05, 0.1) is 70.5 Å². The van der Waals surface area contributed by atoms with Gasteiger partial charge in [-0.3, -0.25) is 34.1 Å². The Morgan fingerprint density at radius 2 is 1.13 bits per heavy atom. The number of thioether (sulfide) groups is 1. The van der Waals surface area contributed by atoms with E-state index in [1.54, 1.807) is 117 Å². The van der Waals surface area contributed by atoms with E-state index in [2.05, 4.69) is 104 Å². The van der Waals surface area contributed by atoms with Crippen molar-refractivity contribution >= 4 is 62.0 Å². The average Bonchev–Trinajstić information content (AvgIpc) is 3.34.